The molecule has 5 nitrogen and oxygen atoms in total. The Hall–Kier alpha value is -1.10. The molecule has 0 aliphatic heterocycles. The van der Waals surface area contributed by atoms with Crippen LogP contribution < -0.4 is 0 Å². The molecule has 1 rings (SSSR count). The summed E-state index contributed by atoms with van der Waals surface area (Å²) < 4.78 is 5.27. The number of aliphatic carboxylic acids is 1. The molecule has 0 bridgehead atoms. The highest BCUT2D eigenvalue weighted by Gasteiger charge is 2.51. The standard InChI is InChI=1S/C11H19NO4/c1-3-12(8-13)11(10(14)15)7-5-4-6-9(11)16-2/h8-9H,3-7H2,1-2H3,(H,14,15). The molecular formula is C11H19NO4. The molecular weight excluding hydrogens is 210 g/mol. The number of hydrogen-bond donors (Lipinski definition) is 1. The van der Waals surface area contributed by atoms with E-state index in [4.69, 9.17) is 4.74 Å². The first kappa shape index (κ1) is 13.0. The van der Waals surface area contributed by atoms with Gasteiger partial charge in [-0.25, -0.2) is 4.79 Å². The van der Waals surface area contributed by atoms with E-state index in [0.29, 0.717) is 25.8 Å². The summed E-state index contributed by atoms with van der Waals surface area (Å²) in [7, 11) is 1.51. The quantitative estimate of drug-likeness (QED) is 0.710. The second kappa shape index (κ2) is 5.30. The van der Waals surface area contributed by atoms with E-state index < -0.39 is 17.6 Å². The second-order valence-corrected chi connectivity index (χ2v) is 4.09. The number of ether oxygens (including phenoxy) is 1. The predicted molar refractivity (Wildman–Crippen MR) is 58.1 cm³/mol. The van der Waals surface area contributed by atoms with E-state index in [2.05, 4.69) is 0 Å². The van der Waals surface area contributed by atoms with Crippen LogP contribution in [-0.2, 0) is 14.3 Å². The van der Waals surface area contributed by atoms with Crippen molar-refractivity contribution < 1.29 is 19.4 Å². The first-order valence-corrected chi connectivity index (χ1v) is 5.61. The Morgan fingerprint density at radius 2 is 2.31 bits per heavy atom. The van der Waals surface area contributed by atoms with Crippen LogP contribution in [0.3, 0.4) is 0 Å². The first-order chi connectivity index (χ1) is 7.63. The van der Waals surface area contributed by atoms with Gasteiger partial charge in [-0.05, 0) is 19.8 Å². The Kier molecular flexibility index (Phi) is 4.29. The number of methoxy groups -OCH3 is 1. The zero-order valence-electron chi connectivity index (χ0n) is 9.81. The van der Waals surface area contributed by atoms with Gasteiger partial charge in [-0.15, -0.1) is 0 Å². The number of amides is 1. The molecule has 1 fully saturated rings. The molecule has 0 saturated heterocycles. The lowest BCUT2D eigenvalue weighted by Gasteiger charge is -2.45. The summed E-state index contributed by atoms with van der Waals surface area (Å²) >= 11 is 0. The topological polar surface area (TPSA) is 66.8 Å². The Balaban J connectivity index is 3.09. The van der Waals surface area contributed by atoms with Gasteiger partial charge in [-0.2, -0.15) is 0 Å². The van der Waals surface area contributed by atoms with Crippen LogP contribution in [-0.4, -0.2) is 47.7 Å². The van der Waals surface area contributed by atoms with Gasteiger partial charge in [0.05, 0.1) is 6.10 Å². The van der Waals surface area contributed by atoms with Gasteiger partial charge in [0, 0.05) is 13.7 Å². The SMILES string of the molecule is CCN(C=O)C1(C(=O)O)CCCCC1OC. The summed E-state index contributed by atoms with van der Waals surface area (Å²) in [5.41, 5.74) is -1.18. The molecule has 1 amide bonds. The predicted octanol–water partition coefficient (Wildman–Crippen LogP) is 0.877. The maximum absolute atomic E-state index is 11.5. The minimum absolute atomic E-state index is 0.385. The maximum atomic E-state index is 11.5. The normalized spacial score (nSPS) is 29.8. The van der Waals surface area contributed by atoms with E-state index in [-0.39, 0.29) is 0 Å². The number of hydrogen-bond acceptors (Lipinski definition) is 3. The number of carboxylic acid groups (broad SMARTS) is 1. The highest BCUT2D eigenvalue weighted by molar-refractivity contribution is 5.82. The van der Waals surface area contributed by atoms with Crippen LogP contribution in [0, 0.1) is 0 Å². The van der Waals surface area contributed by atoms with Crippen LogP contribution in [0.4, 0.5) is 0 Å². The van der Waals surface area contributed by atoms with Crippen molar-refractivity contribution in [2.45, 2.75) is 44.2 Å². The molecule has 0 aromatic rings. The Morgan fingerprint density at radius 3 is 2.75 bits per heavy atom. The van der Waals surface area contributed by atoms with Gasteiger partial charge in [0.15, 0.2) is 5.54 Å². The summed E-state index contributed by atoms with van der Waals surface area (Å²) in [5, 5.41) is 9.44. The third kappa shape index (κ3) is 1.91. The van der Waals surface area contributed by atoms with Gasteiger partial charge in [-0.1, -0.05) is 12.8 Å². The minimum atomic E-state index is -1.18. The minimum Gasteiger partial charge on any atom is -0.479 e. The van der Waals surface area contributed by atoms with E-state index in [1.807, 2.05) is 0 Å². The van der Waals surface area contributed by atoms with Gasteiger partial charge < -0.3 is 14.7 Å². The molecule has 1 N–H and O–H groups in total. The van der Waals surface area contributed by atoms with Crippen LogP contribution in [0.5, 0.6) is 0 Å². The van der Waals surface area contributed by atoms with E-state index >= 15 is 0 Å². The molecule has 2 atom stereocenters. The summed E-state index contributed by atoms with van der Waals surface area (Å²) in [6.45, 7) is 2.16. The smallest absolute Gasteiger partial charge is 0.332 e. The van der Waals surface area contributed by atoms with Crippen LogP contribution in [0.1, 0.15) is 32.6 Å². The molecule has 92 valence electrons. The molecule has 5 heteroatoms. The summed E-state index contributed by atoms with van der Waals surface area (Å²) in [6, 6.07) is 0. The fourth-order valence-corrected chi connectivity index (χ4v) is 2.58. The Bertz CT molecular complexity index is 269. The fraction of sp³-hybridized carbons (Fsp3) is 0.818. The number of carbonyl (C=O) groups is 2. The summed E-state index contributed by atoms with van der Waals surface area (Å²) in [6.07, 6.45) is 3.12. The van der Waals surface area contributed by atoms with Crippen LogP contribution in [0.15, 0.2) is 0 Å². The average molecular weight is 229 g/mol. The summed E-state index contributed by atoms with van der Waals surface area (Å²) in [4.78, 5) is 23.9. The Labute approximate surface area is 95.4 Å². The molecule has 1 saturated carbocycles. The fourth-order valence-electron chi connectivity index (χ4n) is 2.58. The van der Waals surface area contributed by atoms with Crippen molar-refractivity contribution in [2.75, 3.05) is 13.7 Å². The molecule has 1 aliphatic rings. The monoisotopic (exact) mass is 229 g/mol. The number of carboxylic acids is 1. The average Bonchev–Trinajstić information content (AvgIpc) is 2.30. The maximum Gasteiger partial charge on any atom is 0.332 e. The van der Waals surface area contributed by atoms with Crippen molar-refractivity contribution >= 4 is 12.4 Å². The molecule has 0 aromatic carbocycles. The highest BCUT2D eigenvalue weighted by Crippen LogP contribution is 2.35. The zero-order chi connectivity index (χ0) is 12.2. The van der Waals surface area contributed by atoms with Crippen molar-refractivity contribution in [3.8, 4) is 0 Å². The van der Waals surface area contributed by atoms with E-state index in [1.165, 1.54) is 12.0 Å². The van der Waals surface area contributed by atoms with Crippen molar-refractivity contribution in [2.24, 2.45) is 0 Å². The lowest BCUT2D eigenvalue weighted by atomic mass is 9.77. The molecule has 0 radical (unpaired) electrons. The number of carbonyl (C=O) groups excluding carboxylic acids is 1. The van der Waals surface area contributed by atoms with Crippen molar-refractivity contribution in [1.29, 1.82) is 0 Å². The van der Waals surface area contributed by atoms with Gasteiger partial charge in [-0.3, -0.25) is 4.79 Å². The van der Waals surface area contributed by atoms with Crippen LogP contribution in [0.2, 0.25) is 0 Å². The van der Waals surface area contributed by atoms with E-state index in [9.17, 15) is 14.7 Å². The summed E-state index contributed by atoms with van der Waals surface area (Å²) in [5.74, 6) is -0.965. The van der Waals surface area contributed by atoms with Crippen molar-refractivity contribution in [3.63, 3.8) is 0 Å². The van der Waals surface area contributed by atoms with Crippen molar-refractivity contribution in [1.82, 2.24) is 4.90 Å². The molecule has 0 spiro atoms. The zero-order valence-corrected chi connectivity index (χ0v) is 9.81. The van der Waals surface area contributed by atoms with Gasteiger partial charge in [0.25, 0.3) is 0 Å². The number of nitrogens with zero attached hydrogens (tertiary/aromatic N) is 1. The highest BCUT2D eigenvalue weighted by atomic mass is 16.5. The second-order valence-electron chi connectivity index (χ2n) is 4.09. The lowest BCUT2D eigenvalue weighted by molar-refractivity contribution is -0.170. The van der Waals surface area contributed by atoms with Crippen LogP contribution >= 0.6 is 0 Å². The Morgan fingerprint density at radius 1 is 1.62 bits per heavy atom. The van der Waals surface area contributed by atoms with Gasteiger partial charge >= 0.3 is 5.97 Å². The largest absolute Gasteiger partial charge is 0.479 e. The first-order valence-electron chi connectivity index (χ1n) is 5.61. The van der Waals surface area contributed by atoms with E-state index in [0.717, 1.165) is 12.8 Å². The number of rotatable bonds is 5. The molecule has 0 heterocycles. The molecule has 2 unspecified atom stereocenters. The molecule has 1 aliphatic carbocycles. The van der Waals surface area contributed by atoms with Gasteiger partial charge in [0.1, 0.15) is 0 Å². The third-order valence-corrected chi connectivity index (χ3v) is 3.44. The van der Waals surface area contributed by atoms with E-state index in [1.54, 1.807) is 6.92 Å². The number of likely N-dealkylation sites (N-methyl/N-ethyl adjacent to an activating group) is 1. The van der Waals surface area contributed by atoms with Crippen molar-refractivity contribution in [3.05, 3.63) is 0 Å². The third-order valence-electron chi connectivity index (χ3n) is 3.44. The van der Waals surface area contributed by atoms with Gasteiger partial charge in [0.2, 0.25) is 6.41 Å². The molecule has 0 aromatic heterocycles. The molecule has 16 heavy (non-hydrogen) atoms. The van der Waals surface area contributed by atoms with Crippen LogP contribution in [0.25, 0.3) is 0 Å². The lowest BCUT2D eigenvalue weighted by Crippen LogP contribution is -2.63.